The summed E-state index contributed by atoms with van der Waals surface area (Å²) in [5.41, 5.74) is 1.05. The van der Waals surface area contributed by atoms with E-state index in [2.05, 4.69) is 0 Å². The largest absolute Gasteiger partial charge is 0.198 e. The summed E-state index contributed by atoms with van der Waals surface area (Å²) in [5, 5.41) is 8.36. The van der Waals surface area contributed by atoms with E-state index in [1.54, 1.807) is 0 Å². The maximum absolute atomic E-state index is 8.36. The van der Waals surface area contributed by atoms with E-state index in [0.29, 0.717) is 6.42 Å². The van der Waals surface area contributed by atoms with Crippen molar-refractivity contribution >= 4 is 0 Å². The van der Waals surface area contributed by atoms with Gasteiger partial charge in [-0.3, -0.25) is 0 Å². The van der Waals surface area contributed by atoms with Crippen LogP contribution in [0, 0.1) is 11.3 Å². The Morgan fingerprint density at radius 2 is 2.10 bits per heavy atom. The molecule has 10 heavy (non-hydrogen) atoms. The number of aryl methyl sites for hydroxylation is 1. The van der Waals surface area contributed by atoms with Gasteiger partial charge in [0.2, 0.25) is 0 Å². The van der Waals surface area contributed by atoms with Crippen LogP contribution in [-0.4, -0.2) is 0 Å². The average Bonchev–Trinajstić information content (AvgIpc) is 2.06. The van der Waals surface area contributed by atoms with Crippen LogP contribution < -0.4 is 0 Å². The van der Waals surface area contributed by atoms with Crippen LogP contribution in [0.2, 0.25) is 0 Å². The van der Waals surface area contributed by atoms with Crippen molar-refractivity contribution < 1.29 is 1.37 Å². The minimum atomic E-state index is -0.627. The zero-order valence-electron chi connectivity index (χ0n) is 6.62. The minimum absolute atomic E-state index is 0.525. The van der Waals surface area contributed by atoms with Crippen molar-refractivity contribution in [3.05, 3.63) is 35.9 Å². The number of benzene rings is 1. The monoisotopic (exact) mass is 133 g/mol. The van der Waals surface area contributed by atoms with E-state index in [9.17, 15) is 0 Å². The highest BCUT2D eigenvalue weighted by atomic mass is 14.2. The molecule has 1 unspecified atom stereocenters. The summed E-state index contributed by atoms with van der Waals surface area (Å²) in [4.78, 5) is 0. The molecule has 0 spiro atoms. The lowest BCUT2D eigenvalue weighted by atomic mass is 10.1. The Hall–Kier alpha value is -1.29. The van der Waals surface area contributed by atoms with Gasteiger partial charge in [-0.25, -0.2) is 0 Å². The van der Waals surface area contributed by atoms with Crippen molar-refractivity contribution in [1.82, 2.24) is 0 Å². The summed E-state index contributed by atoms with van der Waals surface area (Å²) in [6.45, 7) is 0. The molecule has 0 amide bonds. The standard InChI is InChI=1S/C9H9N/c10-8-4-7-9-5-2-1-3-6-9/h1-3,5-6H,4,7H2/i4T. The van der Waals surface area contributed by atoms with Crippen LogP contribution in [0.1, 0.15) is 13.3 Å². The molecule has 1 nitrogen and oxygen atoms in total. The van der Waals surface area contributed by atoms with Crippen molar-refractivity contribution in [3.8, 4) is 6.07 Å². The highest BCUT2D eigenvalue weighted by molar-refractivity contribution is 5.15. The third kappa shape index (κ3) is 1.91. The second-order valence-corrected chi connectivity index (χ2v) is 2.02. The molecule has 0 aliphatic rings. The van der Waals surface area contributed by atoms with Gasteiger partial charge in [0.1, 0.15) is 0 Å². The molecule has 0 bridgehead atoms. The first kappa shape index (κ1) is 5.49. The molecule has 0 saturated carbocycles. The molecule has 0 fully saturated rings. The molecule has 0 radical (unpaired) electrons. The molecular formula is C9H9N. The zero-order valence-corrected chi connectivity index (χ0v) is 5.62. The van der Waals surface area contributed by atoms with Crippen molar-refractivity contribution in [2.24, 2.45) is 0 Å². The van der Waals surface area contributed by atoms with Crippen molar-refractivity contribution in [3.63, 3.8) is 0 Å². The lowest BCUT2D eigenvalue weighted by Crippen LogP contribution is -1.80. The van der Waals surface area contributed by atoms with Crippen LogP contribution in [-0.2, 0) is 6.42 Å². The van der Waals surface area contributed by atoms with Crippen LogP contribution in [0.15, 0.2) is 30.3 Å². The van der Waals surface area contributed by atoms with E-state index in [1.165, 1.54) is 0 Å². The van der Waals surface area contributed by atoms with Gasteiger partial charge >= 0.3 is 0 Å². The molecule has 1 rings (SSSR count). The van der Waals surface area contributed by atoms with Gasteiger partial charge < -0.3 is 0 Å². The van der Waals surface area contributed by atoms with Gasteiger partial charge in [-0.1, -0.05) is 30.3 Å². The summed E-state index contributed by atoms with van der Waals surface area (Å²) in [5.74, 6) is 0. The molecule has 1 aromatic carbocycles. The highest BCUT2D eigenvalue weighted by Gasteiger charge is 1.87. The molecule has 50 valence electrons. The van der Waals surface area contributed by atoms with Crippen LogP contribution >= 0.6 is 0 Å². The lowest BCUT2D eigenvalue weighted by molar-refractivity contribution is 1.01. The molecule has 0 saturated heterocycles. The molecule has 1 heteroatoms. The number of hydrogen-bond acceptors (Lipinski definition) is 1. The highest BCUT2D eigenvalue weighted by Crippen LogP contribution is 2.00. The fourth-order valence-electron chi connectivity index (χ4n) is 0.778. The van der Waals surface area contributed by atoms with Crippen LogP contribution in [0.3, 0.4) is 0 Å². The zero-order chi connectivity index (χ0) is 8.10. The summed E-state index contributed by atoms with van der Waals surface area (Å²) in [6, 6.07) is 11.5. The molecular weight excluding hydrogens is 122 g/mol. The Balaban J connectivity index is 2.60. The van der Waals surface area contributed by atoms with E-state index in [-0.39, 0.29) is 0 Å². The van der Waals surface area contributed by atoms with E-state index >= 15 is 0 Å². The Labute approximate surface area is 62.3 Å². The molecule has 0 aromatic heterocycles. The second-order valence-electron chi connectivity index (χ2n) is 2.02. The Bertz CT molecular complexity index is 250. The summed E-state index contributed by atoms with van der Waals surface area (Å²) in [7, 11) is 0. The Morgan fingerprint density at radius 3 is 2.70 bits per heavy atom. The minimum Gasteiger partial charge on any atom is -0.198 e. The third-order valence-electron chi connectivity index (χ3n) is 1.27. The number of hydrogen-bond donors (Lipinski definition) is 0. The van der Waals surface area contributed by atoms with Gasteiger partial charge in [-0.15, -0.1) is 0 Å². The predicted octanol–water partition coefficient (Wildman–Crippen LogP) is 2.14. The SMILES string of the molecule is [3H]C(C#N)Cc1ccccc1. The molecule has 1 aromatic rings. The van der Waals surface area contributed by atoms with Gasteiger partial charge in [0.25, 0.3) is 0 Å². The van der Waals surface area contributed by atoms with Gasteiger partial charge in [0, 0.05) is 7.77 Å². The van der Waals surface area contributed by atoms with Gasteiger partial charge in [0.15, 0.2) is 0 Å². The van der Waals surface area contributed by atoms with E-state index in [4.69, 9.17) is 6.63 Å². The first-order valence-corrected chi connectivity index (χ1v) is 3.18. The van der Waals surface area contributed by atoms with Gasteiger partial charge in [-0.2, -0.15) is 5.26 Å². The average molecular weight is 133 g/mol. The first-order chi connectivity index (χ1) is 5.33. The maximum atomic E-state index is 8.36. The second kappa shape index (κ2) is 3.68. The van der Waals surface area contributed by atoms with Gasteiger partial charge in [0.05, 0.1) is 6.07 Å². The van der Waals surface area contributed by atoms with E-state index < -0.39 is 6.40 Å². The quantitative estimate of drug-likeness (QED) is 0.606. The van der Waals surface area contributed by atoms with Crippen molar-refractivity contribution in [2.75, 3.05) is 0 Å². The summed E-state index contributed by atoms with van der Waals surface area (Å²) >= 11 is 0. The van der Waals surface area contributed by atoms with Crippen LogP contribution in [0.25, 0.3) is 0 Å². The summed E-state index contributed by atoms with van der Waals surface area (Å²) < 4.78 is 7.20. The maximum Gasteiger partial charge on any atom is 0.0625 e. The Kier molecular flexibility index (Phi) is 2.02. The fraction of sp³-hybridized carbons (Fsp3) is 0.222. The summed E-state index contributed by atoms with van der Waals surface area (Å²) in [6.07, 6.45) is -0.102. The molecule has 1 atom stereocenters. The molecule has 0 heterocycles. The lowest BCUT2D eigenvalue weighted by Gasteiger charge is -1.92. The normalized spacial score (nSPS) is 13.3. The van der Waals surface area contributed by atoms with Crippen LogP contribution in [0.4, 0.5) is 0 Å². The van der Waals surface area contributed by atoms with Crippen molar-refractivity contribution in [1.29, 1.82) is 5.26 Å². The number of rotatable bonds is 2. The topological polar surface area (TPSA) is 23.8 Å². The smallest absolute Gasteiger partial charge is 0.0625 e. The van der Waals surface area contributed by atoms with Crippen molar-refractivity contribution in [2.45, 2.75) is 12.8 Å². The van der Waals surface area contributed by atoms with Crippen LogP contribution in [0.5, 0.6) is 0 Å². The predicted molar refractivity (Wildman–Crippen MR) is 40.4 cm³/mol. The fourth-order valence-corrected chi connectivity index (χ4v) is 0.778. The molecule has 0 N–H and O–H groups in total. The van der Waals surface area contributed by atoms with E-state index in [1.807, 2.05) is 36.4 Å². The number of nitriles is 1. The molecule has 0 aliphatic carbocycles. The third-order valence-corrected chi connectivity index (χ3v) is 1.27. The number of nitrogens with zero attached hydrogens (tertiary/aromatic N) is 1. The van der Waals surface area contributed by atoms with E-state index in [0.717, 1.165) is 5.56 Å². The first-order valence-electron chi connectivity index (χ1n) is 3.76. The van der Waals surface area contributed by atoms with Gasteiger partial charge in [-0.05, 0) is 12.0 Å². The molecule has 0 aliphatic heterocycles. The Morgan fingerprint density at radius 1 is 1.40 bits per heavy atom.